The first-order valence-electron chi connectivity index (χ1n) is 10.7. The van der Waals surface area contributed by atoms with Crippen LogP contribution < -0.4 is 9.64 Å². The molecule has 164 valence electrons. The summed E-state index contributed by atoms with van der Waals surface area (Å²) in [5.41, 5.74) is 1.98. The third-order valence-electron chi connectivity index (χ3n) is 6.46. The van der Waals surface area contributed by atoms with Crippen molar-refractivity contribution in [3.05, 3.63) is 30.5 Å². The van der Waals surface area contributed by atoms with Gasteiger partial charge in [-0.2, -0.15) is 5.26 Å². The number of fused-ring (bicyclic) bond motifs is 1. The number of hydrogen-bond acceptors (Lipinski definition) is 6. The van der Waals surface area contributed by atoms with Crippen molar-refractivity contribution in [2.45, 2.75) is 37.5 Å². The maximum atomic E-state index is 13.6. The van der Waals surface area contributed by atoms with Crippen LogP contribution in [0.2, 0.25) is 0 Å². The van der Waals surface area contributed by atoms with Crippen LogP contribution in [0.25, 0.3) is 10.9 Å². The van der Waals surface area contributed by atoms with Crippen LogP contribution in [0.4, 0.5) is 10.1 Å². The molecular formula is C23H28FN5O2. The molecule has 31 heavy (non-hydrogen) atoms. The number of carbonyl (C=O) groups excluding carboxylic acids is 1. The first-order valence-corrected chi connectivity index (χ1v) is 10.7. The highest BCUT2D eigenvalue weighted by molar-refractivity contribution is 5.83. The van der Waals surface area contributed by atoms with Crippen LogP contribution in [0.15, 0.2) is 30.5 Å². The number of methoxy groups -OCH3 is 1. The normalized spacial score (nSPS) is 22.5. The zero-order valence-corrected chi connectivity index (χ0v) is 18.0. The van der Waals surface area contributed by atoms with Gasteiger partial charge in [0.25, 0.3) is 0 Å². The van der Waals surface area contributed by atoms with Gasteiger partial charge in [0.15, 0.2) is 0 Å². The number of nitrogens with zero attached hydrogens (tertiary/aromatic N) is 5. The Bertz CT molecular complexity index is 986. The maximum Gasteiger partial charge on any atom is 0.237 e. The van der Waals surface area contributed by atoms with Crippen molar-refractivity contribution in [2.24, 2.45) is 0 Å². The quantitative estimate of drug-likeness (QED) is 0.733. The molecule has 1 unspecified atom stereocenters. The molecule has 3 heterocycles. The average Bonchev–Trinajstić information content (AvgIpc) is 3.19. The molecule has 0 N–H and O–H groups in total. The maximum absolute atomic E-state index is 13.6. The van der Waals surface area contributed by atoms with Crippen LogP contribution in [0, 0.1) is 11.3 Å². The molecule has 1 aromatic carbocycles. The Labute approximate surface area is 182 Å². The lowest BCUT2D eigenvalue weighted by Crippen LogP contribution is -2.48. The summed E-state index contributed by atoms with van der Waals surface area (Å²) in [6, 6.07) is 9.75. The number of carbonyl (C=O) groups is 1. The highest BCUT2D eigenvalue weighted by atomic mass is 19.1. The molecule has 0 saturated carbocycles. The van der Waals surface area contributed by atoms with Gasteiger partial charge < -0.3 is 14.5 Å². The Morgan fingerprint density at radius 3 is 2.84 bits per heavy atom. The number of pyridine rings is 1. The highest BCUT2D eigenvalue weighted by Gasteiger charge is 2.36. The fourth-order valence-electron chi connectivity index (χ4n) is 4.56. The van der Waals surface area contributed by atoms with Crippen molar-refractivity contribution in [1.29, 1.82) is 5.26 Å². The van der Waals surface area contributed by atoms with Crippen molar-refractivity contribution < 1.29 is 13.9 Å². The predicted octanol–water partition coefficient (Wildman–Crippen LogP) is 2.61. The molecule has 8 heteroatoms. The number of piperidine rings is 1. The predicted molar refractivity (Wildman–Crippen MR) is 117 cm³/mol. The van der Waals surface area contributed by atoms with E-state index < -0.39 is 12.2 Å². The van der Waals surface area contributed by atoms with Crippen LogP contribution in [0.3, 0.4) is 0 Å². The van der Waals surface area contributed by atoms with E-state index in [2.05, 4.69) is 27.9 Å². The monoisotopic (exact) mass is 425 g/mol. The number of rotatable bonds is 5. The summed E-state index contributed by atoms with van der Waals surface area (Å²) in [6.07, 6.45) is 2.78. The third-order valence-corrected chi connectivity index (χ3v) is 6.46. The Hall–Kier alpha value is -2.92. The summed E-state index contributed by atoms with van der Waals surface area (Å²) in [4.78, 5) is 22.9. The smallest absolute Gasteiger partial charge is 0.237 e. The fraction of sp³-hybridized carbons (Fsp3) is 0.522. The van der Waals surface area contributed by atoms with E-state index >= 15 is 0 Å². The highest BCUT2D eigenvalue weighted by Crippen LogP contribution is 2.27. The van der Waals surface area contributed by atoms with Gasteiger partial charge in [-0.15, -0.1) is 0 Å². The van der Waals surface area contributed by atoms with Crippen LogP contribution in [-0.2, 0) is 4.79 Å². The molecule has 7 nitrogen and oxygen atoms in total. The van der Waals surface area contributed by atoms with Gasteiger partial charge in [-0.3, -0.25) is 14.7 Å². The average molecular weight is 426 g/mol. The zero-order valence-electron chi connectivity index (χ0n) is 18.0. The lowest BCUT2D eigenvalue weighted by molar-refractivity contribution is -0.132. The number of ether oxygens (including phenoxy) is 1. The zero-order chi connectivity index (χ0) is 22.0. The van der Waals surface area contributed by atoms with Gasteiger partial charge >= 0.3 is 0 Å². The number of halogens is 1. The Morgan fingerprint density at radius 2 is 2.13 bits per heavy atom. The first-order chi connectivity index (χ1) is 15.0. The van der Waals surface area contributed by atoms with E-state index in [-0.39, 0.29) is 25.4 Å². The number of likely N-dealkylation sites (tertiary alicyclic amines) is 2. The topological polar surface area (TPSA) is 72.7 Å². The number of alkyl halides is 1. The minimum absolute atomic E-state index is 0.0377. The van der Waals surface area contributed by atoms with Gasteiger partial charge in [0.1, 0.15) is 18.0 Å². The molecule has 2 fully saturated rings. The number of hydrogen-bond donors (Lipinski definition) is 0. The molecule has 2 aliphatic heterocycles. The third kappa shape index (κ3) is 4.57. The summed E-state index contributed by atoms with van der Waals surface area (Å²) in [7, 11) is 3.74. The second-order valence-electron chi connectivity index (χ2n) is 8.39. The fourth-order valence-corrected chi connectivity index (χ4v) is 4.56. The molecule has 0 radical (unpaired) electrons. The number of nitriles is 1. The van der Waals surface area contributed by atoms with Gasteiger partial charge in [-0.1, -0.05) is 0 Å². The van der Waals surface area contributed by atoms with E-state index in [1.54, 1.807) is 7.11 Å². The Morgan fingerprint density at radius 1 is 1.35 bits per heavy atom. The van der Waals surface area contributed by atoms with Gasteiger partial charge in [-0.05, 0) is 37.1 Å². The lowest BCUT2D eigenvalue weighted by atomic mass is 10.0. The molecule has 2 aromatic rings. The van der Waals surface area contributed by atoms with Crippen molar-refractivity contribution in [1.82, 2.24) is 14.8 Å². The molecule has 0 aliphatic carbocycles. The molecule has 2 saturated heterocycles. The van der Waals surface area contributed by atoms with E-state index in [4.69, 9.17) is 10.00 Å². The molecule has 1 aromatic heterocycles. The minimum atomic E-state index is -1.09. The molecule has 2 atom stereocenters. The standard InChI is InChI=1S/C23H28FN5O2/c1-27(20-9-16-10-21(31-2)3-4-22(16)26-13-20)18-5-7-28(8-6-18)15-23(30)29-14-17(24)11-19(29)12-25/h3-4,9-10,13,17-19H,5-8,11,14-15H2,1-2H3/t17-,19?/m0/s1. The van der Waals surface area contributed by atoms with Gasteiger partial charge in [-0.25, -0.2) is 4.39 Å². The molecule has 1 amide bonds. The lowest BCUT2D eigenvalue weighted by Gasteiger charge is -2.38. The van der Waals surface area contributed by atoms with Crippen molar-refractivity contribution in [3.63, 3.8) is 0 Å². The van der Waals surface area contributed by atoms with Crippen molar-refractivity contribution in [2.75, 3.05) is 45.2 Å². The van der Waals surface area contributed by atoms with Gasteiger partial charge in [0.2, 0.25) is 5.91 Å². The number of aromatic nitrogens is 1. The van der Waals surface area contributed by atoms with E-state index in [0.717, 1.165) is 48.3 Å². The second kappa shape index (κ2) is 9.06. The Balaban J connectivity index is 1.35. The number of benzene rings is 1. The van der Waals surface area contributed by atoms with Crippen LogP contribution in [-0.4, -0.2) is 79.3 Å². The molecule has 2 aliphatic rings. The molecule has 0 spiro atoms. The number of amides is 1. The molecule has 0 bridgehead atoms. The van der Waals surface area contributed by atoms with E-state index in [9.17, 15) is 9.18 Å². The summed E-state index contributed by atoms with van der Waals surface area (Å²) in [5.74, 6) is 0.661. The summed E-state index contributed by atoms with van der Waals surface area (Å²) < 4.78 is 18.9. The Kier molecular flexibility index (Phi) is 6.23. The van der Waals surface area contributed by atoms with E-state index in [1.165, 1.54) is 4.90 Å². The van der Waals surface area contributed by atoms with Gasteiger partial charge in [0, 0.05) is 38.0 Å². The SMILES string of the molecule is COc1ccc2ncc(N(C)C3CCN(CC(=O)N4C[C@@H](F)CC4C#N)CC3)cc2c1. The van der Waals surface area contributed by atoms with Crippen LogP contribution in [0.5, 0.6) is 5.75 Å². The van der Waals surface area contributed by atoms with E-state index in [0.29, 0.717) is 6.04 Å². The van der Waals surface area contributed by atoms with Crippen LogP contribution in [0.1, 0.15) is 19.3 Å². The van der Waals surface area contributed by atoms with Crippen molar-refractivity contribution >= 4 is 22.5 Å². The summed E-state index contributed by atoms with van der Waals surface area (Å²) >= 11 is 0. The number of anilines is 1. The first kappa shape index (κ1) is 21.3. The summed E-state index contributed by atoms with van der Waals surface area (Å²) in [5, 5.41) is 10.2. The minimum Gasteiger partial charge on any atom is -0.497 e. The van der Waals surface area contributed by atoms with Gasteiger partial charge in [0.05, 0.1) is 43.7 Å². The van der Waals surface area contributed by atoms with E-state index in [1.807, 2.05) is 30.5 Å². The molecular weight excluding hydrogens is 397 g/mol. The molecule has 4 rings (SSSR count). The summed E-state index contributed by atoms with van der Waals surface area (Å²) in [6.45, 7) is 1.87. The largest absolute Gasteiger partial charge is 0.497 e. The van der Waals surface area contributed by atoms with Crippen LogP contribution >= 0.6 is 0 Å². The van der Waals surface area contributed by atoms with Crippen molar-refractivity contribution in [3.8, 4) is 11.8 Å². The second-order valence-corrected chi connectivity index (χ2v) is 8.39.